The summed E-state index contributed by atoms with van der Waals surface area (Å²) in [6.07, 6.45) is 6.45. The zero-order valence-corrected chi connectivity index (χ0v) is 63.5. The molecule has 0 aliphatic heterocycles. The Kier molecular flexibility index (Phi) is 29.0. The summed E-state index contributed by atoms with van der Waals surface area (Å²) in [7, 11) is -12.3. The van der Waals surface area contributed by atoms with Crippen LogP contribution in [-0.2, 0) is 81.5 Å². The number of halogens is 4. The lowest BCUT2D eigenvalue weighted by atomic mass is 9.96. The summed E-state index contributed by atoms with van der Waals surface area (Å²) < 4.78 is 128. The highest BCUT2D eigenvalue weighted by Crippen LogP contribution is 2.39. The monoisotopic (exact) mass is 1640 g/mol. The summed E-state index contributed by atoms with van der Waals surface area (Å²) in [6.45, 7) is -0.701. The number of ketones is 3. The van der Waals surface area contributed by atoms with E-state index in [2.05, 4.69) is 64.6 Å². The smallest absolute Gasteiger partial charge is 0.485 e. The summed E-state index contributed by atoms with van der Waals surface area (Å²) >= 11 is 11.6. The van der Waals surface area contributed by atoms with E-state index in [0.29, 0.717) is 105 Å². The standard InChI is InChI=1S/C24H24F3N3O7S2.C23H25ClN4O5S2.C23H25N3O5S3/c25-24(26,27)37-21-4-2-1-3-20(21)35-10-15-8-22(38-12-15)23(32)17-9-29-13-30-18(17)6-14-5-16(19(31)7-14)11-36-39(28,33)34;24-17-5-3-14(4-6-17)1-2-15-7-21(34-12-15)22(30)19-10-26-13-27-23(19)28-18-8-16(20(29)9-18)11-33-35(25,31)32;24-34(29,30)31-11-17-6-15(8-21(17)27)7-20-19(10-25-14-26-20)23(28)22-9-16(13-33-22)12-32-18-4-2-1-3-5-18/h1-4,8-9,12-14,16,19,31H,5-7,10-11H2,(H2,28,33,34);3-7,10,12-13,16,18,20,29H,1-2,8-9,11H2,(H2,25,31,32)(H,26,27,28);1-5,9-10,13-15,17,21,27H,6-8,11-12H2,(H2,24,29,30)/t14-,16+,19-;16-,18-,20+;15-,17+,21-/m010/s1. The van der Waals surface area contributed by atoms with Crippen molar-refractivity contribution >= 4 is 111 Å². The summed E-state index contributed by atoms with van der Waals surface area (Å²) in [4.78, 5) is 67.4. The van der Waals surface area contributed by atoms with E-state index in [9.17, 15) is 68.1 Å². The van der Waals surface area contributed by atoms with Gasteiger partial charge in [0, 0.05) is 63.6 Å². The van der Waals surface area contributed by atoms with Crippen LogP contribution in [-0.4, -0.2) is 138 Å². The zero-order valence-electron chi connectivity index (χ0n) is 57.1. The molecule has 0 amide bonds. The number of carbonyl (C=O) groups excluding carboxylic acids is 3. The van der Waals surface area contributed by atoms with Crippen LogP contribution in [0.3, 0.4) is 0 Å². The van der Waals surface area contributed by atoms with Crippen LogP contribution in [0, 0.1) is 29.6 Å². The van der Waals surface area contributed by atoms with Crippen LogP contribution in [0.2, 0.25) is 5.02 Å². The van der Waals surface area contributed by atoms with E-state index < -0.39 is 73.2 Å². The molecule has 0 radical (unpaired) electrons. The molecule has 9 atom stereocenters. The Bertz CT molecular complexity index is 4900. The second kappa shape index (κ2) is 37.8. The number of aromatic nitrogens is 6. The second-order valence-corrected chi connectivity index (χ2v) is 33.6. The van der Waals surface area contributed by atoms with Crippen LogP contribution >= 0.6 is 57.4 Å². The van der Waals surface area contributed by atoms with Gasteiger partial charge in [-0.15, -0.1) is 58.9 Å². The molecule has 0 bridgehead atoms. The van der Waals surface area contributed by atoms with Gasteiger partial charge in [0.15, 0.2) is 11.5 Å². The molecule has 10 N–H and O–H groups in total. The largest absolute Gasteiger partial charge is 0.573 e. The lowest BCUT2D eigenvalue weighted by Gasteiger charge is -2.15. The van der Waals surface area contributed by atoms with Gasteiger partial charge in [-0.1, -0.05) is 54.1 Å². The van der Waals surface area contributed by atoms with Crippen molar-refractivity contribution in [3.05, 3.63) is 221 Å². The molecule has 9 aromatic rings. The fraction of sp³-hybridized carbons (Fsp3) is 0.357. The number of nitrogens with two attached hydrogens (primary N) is 3. The molecule has 576 valence electrons. The Morgan fingerprint density at radius 2 is 0.991 bits per heavy atom. The molecule has 38 heteroatoms. The third kappa shape index (κ3) is 25.4. The Hall–Kier alpha value is -7.67. The number of carbonyl (C=O) groups is 3. The van der Waals surface area contributed by atoms with E-state index >= 15 is 0 Å². The van der Waals surface area contributed by atoms with Gasteiger partial charge in [-0.05, 0) is 163 Å². The molecule has 108 heavy (non-hydrogen) atoms. The Labute approximate surface area is 641 Å². The Morgan fingerprint density at radius 3 is 1.53 bits per heavy atom. The predicted octanol–water partition coefficient (Wildman–Crippen LogP) is 9.59. The lowest BCUT2D eigenvalue weighted by Crippen LogP contribution is -2.24. The van der Waals surface area contributed by atoms with Gasteiger partial charge in [0.05, 0.1) is 80.8 Å². The van der Waals surface area contributed by atoms with Crippen molar-refractivity contribution < 1.29 is 90.2 Å². The van der Waals surface area contributed by atoms with E-state index in [-0.39, 0.29) is 78.9 Å². The number of alkyl halides is 3. The average Bonchev–Trinajstić information content (AvgIpc) is 1.61. The SMILES string of the molecule is NS(=O)(=O)OC[C@H]1C[C@@H](Cc2ncncc2C(=O)c2cc(COc3ccccc3OC(F)(F)F)cs2)C[C@@H]1O.NS(=O)(=O)OC[C@H]1C[C@@H](Cc2ncncc2C(=O)c2cc(CSc3ccccc3)cs2)C[C@@H]1O.NS(=O)(=O)OC[C@H]1C[C@@H](Nc2ncncc2C(=O)c2cc(CCc3ccc(Cl)cc3)cs2)C[C@@H]1O. The summed E-state index contributed by atoms with van der Waals surface area (Å²) in [5.41, 5.74) is 6.04. The van der Waals surface area contributed by atoms with Crippen LogP contribution in [0.15, 0.2) is 156 Å². The van der Waals surface area contributed by atoms with Crippen molar-refractivity contribution in [2.45, 2.75) is 112 Å². The molecular weight excluding hydrogens is 1570 g/mol. The van der Waals surface area contributed by atoms with E-state index in [0.717, 1.165) is 47.1 Å². The van der Waals surface area contributed by atoms with Gasteiger partial charge in [-0.3, -0.25) is 26.9 Å². The van der Waals surface area contributed by atoms with Crippen molar-refractivity contribution in [2.24, 2.45) is 45.0 Å². The molecule has 0 unspecified atom stereocenters. The number of aliphatic hydroxyl groups excluding tert-OH is 3. The number of benzene rings is 3. The first kappa shape index (κ1) is 82.8. The molecule has 3 saturated carbocycles. The first-order chi connectivity index (χ1) is 51.3. The number of thioether (sulfide) groups is 1. The average molecular weight is 1640 g/mol. The molecule has 3 aromatic carbocycles. The number of anilines is 1. The number of nitrogens with one attached hydrogen (secondary N) is 1. The van der Waals surface area contributed by atoms with Crippen LogP contribution in [0.25, 0.3) is 0 Å². The van der Waals surface area contributed by atoms with Crippen LogP contribution in [0.4, 0.5) is 19.0 Å². The highest BCUT2D eigenvalue weighted by atomic mass is 35.5. The normalized spacial score (nSPS) is 20.1. The van der Waals surface area contributed by atoms with E-state index in [4.69, 9.17) is 31.8 Å². The van der Waals surface area contributed by atoms with Gasteiger partial charge in [0.2, 0.25) is 17.3 Å². The minimum Gasteiger partial charge on any atom is -0.485 e. The number of rotatable bonds is 31. The van der Waals surface area contributed by atoms with Gasteiger partial charge in [0.25, 0.3) is 0 Å². The maximum absolute atomic E-state index is 13.3. The first-order valence-corrected chi connectivity index (χ1v) is 41.7. The van der Waals surface area contributed by atoms with Gasteiger partial charge in [-0.2, -0.15) is 25.3 Å². The van der Waals surface area contributed by atoms with Crippen molar-refractivity contribution in [3.8, 4) is 11.5 Å². The zero-order chi connectivity index (χ0) is 77.3. The second-order valence-electron chi connectivity index (χ2n) is 25.7. The Morgan fingerprint density at radius 1 is 0.546 bits per heavy atom. The topological polar surface area (TPSA) is 428 Å². The third-order valence-electron chi connectivity index (χ3n) is 17.7. The molecule has 12 rings (SSSR count). The molecule has 3 fully saturated rings. The molecule has 3 aliphatic carbocycles. The van der Waals surface area contributed by atoms with Gasteiger partial charge >= 0.3 is 37.3 Å². The number of hydrogen-bond acceptors (Lipinski definition) is 28. The van der Waals surface area contributed by atoms with E-state index in [1.165, 1.54) is 88.9 Å². The van der Waals surface area contributed by atoms with Crippen LogP contribution < -0.4 is 30.2 Å². The molecule has 0 spiro atoms. The number of aliphatic hydroxyl groups is 3. The highest BCUT2D eigenvalue weighted by molar-refractivity contribution is 7.98. The fourth-order valence-electron chi connectivity index (χ4n) is 12.6. The van der Waals surface area contributed by atoms with Crippen molar-refractivity contribution in [1.29, 1.82) is 0 Å². The summed E-state index contributed by atoms with van der Waals surface area (Å²) in [5, 5.41) is 55.1. The summed E-state index contributed by atoms with van der Waals surface area (Å²) in [5.74, 6) is -1.31. The van der Waals surface area contributed by atoms with E-state index in [1.54, 1.807) is 23.2 Å². The van der Waals surface area contributed by atoms with Gasteiger partial charge in [0.1, 0.15) is 31.4 Å². The van der Waals surface area contributed by atoms with E-state index in [1.807, 2.05) is 65.4 Å². The number of ether oxygens (including phenoxy) is 2. The molecule has 6 heterocycles. The minimum atomic E-state index is -4.87. The number of thiophene rings is 3. The lowest BCUT2D eigenvalue weighted by molar-refractivity contribution is -0.275. The minimum absolute atomic E-state index is 0.0340. The van der Waals surface area contributed by atoms with Crippen LogP contribution in [0.5, 0.6) is 11.5 Å². The quantitative estimate of drug-likeness (QED) is 0.0157. The highest BCUT2D eigenvalue weighted by Gasteiger charge is 2.39. The van der Waals surface area contributed by atoms with Gasteiger partial charge in [-0.25, -0.2) is 45.3 Å². The number of nitrogens with zero attached hydrogens (tertiary/aromatic N) is 6. The summed E-state index contributed by atoms with van der Waals surface area (Å²) in [6, 6.07) is 28.4. The molecule has 0 saturated heterocycles. The maximum Gasteiger partial charge on any atom is 0.573 e. The predicted molar refractivity (Wildman–Crippen MR) is 397 cm³/mol. The van der Waals surface area contributed by atoms with Crippen molar-refractivity contribution in [2.75, 3.05) is 25.1 Å². The fourth-order valence-corrected chi connectivity index (χ4v) is 17.4. The molecule has 3 aliphatic rings. The van der Waals surface area contributed by atoms with Crippen LogP contribution in [0.1, 0.15) is 118 Å². The number of aryl methyl sites for hydroxylation is 2. The number of para-hydroxylation sites is 2. The van der Waals surface area contributed by atoms with Gasteiger partial charge < -0.3 is 30.1 Å². The Balaban J connectivity index is 0.000000173. The molecule has 27 nitrogen and oxygen atoms in total. The molecule has 6 aromatic heterocycles. The third-order valence-corrected chi connectivity index (χ3v) is 23.4. The number of hydrogen-bond donors (Lipinski definition) is 7. The van der Waals surface area contributed by atoms with Crippen molar-refractivity contribution in [1.82, 2.24) is 29.9 Å². The molecular formula is C70H74ClF3N10O17S7. The first-order valence-electron chi connectivity index (χ1n) is 33.3. The van der Waals surface area contributed by atoms with Crippen molar-refractivity contribution in [3.63, 3.8) is 0 Å². The maximum atomic E-state index is 13.3.